The minimum absolute atomic E-state index is 0.0228. The van der Waals surface area contributed by atoms with E-state index >= 15 is 0 Å². The molecule has 1 aromatic carbocycles. The van der Waals surface area contributed by atoms with Gasteiger partial charge in [-0.3, -0.25) is 4.03 Å². The monoisotopic (exact) mass is 599 g/mol. The van der Waals surface area contributed by atoms with E-state index in [1.807, 2.05) is 31.2 Å². The van der Waals surface area contributed by atoms with Crippen LogP contribution in [0.25, 0.3) is 0 Å². The molecule has 0 amide bonds. The molecule has 2 N–H and O–H groups in total. The van der Waals surface area contributed by atoms with Crippen molar-refractivity contribution in [1.29, 1.82) is 0 Å². The molecule has 38 heavy (non-hydrogen) atoms. The van der Waals surface area contributed by atoms with E-state index in [-0.39, 0.29) is 22.7 Å². The van der Waals surface area contributed by atoms with Gasteiger partial charge in [0.1, 0.15) is 30.5 Å². The molecule has 0 aliphatic heterocycles. The highest BCUT2D eigenvalue weighted by molar-refractivity contribution is 7.94. The van der Waals surface area contributed by atoms with Crippen molar-refractivity contribution in [1.82, 2.24) is 9.71 Å². The van der Waals surface area contributed by atoms with E-state index in [4.69, 9.17) is 13.2 Å². The highest BCUT2D eigenvalue weighted by Gasteiger charge is 2.41. The summed E-state index contributed by atoms with van der Waals surface area (Å²) in [6.45, 7) is 25.4. The molecule has 0 aliphatic carbocycles. The van der Waals surface area contributed by atoms with Crippen LogP contribution in [0.3, 0.4) is 0 Å². The Kier molecular flexibility index (Phi) is 9.95. The van der Waals surface area contributed by atoms with Crippen LogP contribution in [0.4, 0.5) is 0 Å². The van der Waals surface area contributed by atoms with Crippen molar-refractivity contribution in [2.24, 2.45) is 4.03 Å². The maximum Gasteiger partial charge on any atom is 0.195 e. The first-order valence-electron chi connectivity index (χ1n) is 13.1. The predicted octanol–water partition coefficient (Wildman–Crippen LogP) is 7.48. The number of ether oxygens (including phenoxy) is 1. The lowest BCUT2D eigenvalue weighted by atomic mass is 10.1. The molecule has 3 atom stereocenters. The van der Waals surface area contributed by atoms with E-state index in [1.165, 1.54) is 11.3 Å². The number of thiazole rings is 1. The first-order chi connectivity index (χ1) is 17.0. The zero-order chi connectivity index (χ0) is 29.4. The minimum Gasteiger partial charge on any atom is -0.497 e. The van der Waals surface area contributed by atoms with Gasteiger partial charge in [-0.2, -0.15) is 0 Å². The molecule has 2 rings (SSSR count). The average Bonchev–Trinajstić information content (AvgIpc) is 3.28. The summed E-state index contributed by atoms with van der Waals surface area (Å²) in [6, 6.07) is 7.47. The normalized spacial score (nSPS) is 17.4. The number of methoxy groups -OCH3 is 1. The molecule has 0 fully saturated rings. The maximum absolute atomic E-state index is 14.7. The molecule has 0 saturated carbocycles. The Labute approximate surface area is 237 Å². The van der Waals surface area contributed by atoms with Gasteiger partial charge in [0.25, 0.3) is 0 Å². The van der Waals surface area contributed by atoms with Crippen LogP contribution >= 0.6 is 11.3 Å². The van der Waals surface area contributed by atoms with E-state index in [9.17, 15) is 9.32 Å². The first-order valence-corrected chi connectivity index (χ1v) is 21.3. The van der Waals surface area contributed by atoms with Gasteiger partial charge in [-0.25, -0.2) is 13.9 Å². The van der Waals surface area contributed by atoms with Crippen LogP contribution < -0.4 is 9.46 Å². The third-order valence-corrected chi connectivity index (χ3v) is 22.2. The topological polar surface area (TPSA) is 93.0 Å². The Morgan fingerprint density at radius 1 is 1.05 bits per heavy atom. The van der Waals surface area contributed by atoms with Gasteiger partial charge >= 0.3 is 0 Å². The molecule has 2 aromatic rings. The Morgan fingerprint density at radius 3 is 2.08 bits per heavy atom. The second-order valence-electron chi connectivity index (χ2n) is 13.3. The lowest BCUT2D eigenvalue weighted by molar-refractivity contribution is 0.00244. The van der Waals surface area contributed by atoms with Gasteiger partial charge in [-0.05, 0) is 67.8 Å². The summed E-state index contributed by atoms with van der Waals surface area (Å²) >= 11 is 1.24. The number of nitrogens with one attached hydrogen (secondary N) is 1. The smallest absolute Gasteiger partial charge is 0.195 e. The molecule has 0 saturated heterocycles. The highest BCUT2D eigenvalue weighted by atomic mass is 32.2. The molecule has 0 aliphatic rings. The SMILES string of the molecule is COc1ccc([C@H](C)N[S@](=O)(=N[Si](C)(C)C(C)(C)C)c2cnc([C@](C)(O)CO[Si](C)(C)C(C)(C)C)s2)cc1. The number of aromatic nitrogens is 1. The Hall–Kier alpha value is -1.09. The van der Waals surface area contributed by atoms with Crippen LogP contribution in [-0.2, 0) is 19.9 Å². The van der Waals surface area contributed by atoms with Gasteiger partial charge in [0.2, 0.25) is 0 Å². The van der Waals surface area contributed by atoms with Crippen LogP contribution in [0, 0.1) is 0 Å². The van der Waals surface area contributed by atoms with Crippen molar-refractivity contribution in [2.45, 2.75) is 108 Å². The Bertz CT molecular complexity index is 1200. The number of hydrogen-bond donors (Lipinski definition) is 2. The van der Waals surface area contributed by atoms with Crippen LogP contribution in [0.5, 0.6) is 5.75 Å². The van der Waals surface area contributed by atoms with Crippen molar-refractivity contribution in [2.75, 3.05) is 13.7 Å². The molecule has 1 aromatic heterocycles. The van der Waals surface area contributed by atoms with Crippen LogP contribution in [-0.4, -0.2) is 44.6 Å². The molecule has 7 nitrogen and oxygen atoms in total. The summed E-state index contributed by atoms with van der Waals surface area (Å²) in [6.07, 6.45) is 1.60. The van der Waals surface area contributed by atoms with E-state index in [0.29, 0.717) is 9.22 Å². The van der Waals surface area contributed by atoms with Gasteiger partial charge < -0.3 is 14.3 Å². The summed E-state index contributed by atoms with van der Waals surface area (Å²) in [5, 5.41) is 11.8. The van der Waals surface area contributed by atoms with E-state index in [0.717, 1.165) is 11.3 Å². The number of benzene rings is 1. The molecule has 216 valence electrons. The standard InChI is InChI=1S/C27H49N3O4S2Si2/c1-20(21-14-16-22(33-9)17-15-21)29-36(32,30-37(10,11)25(2,3)4)23-18-28-24(35-23)27(8,31)19-34-38(12,13)26(5,6)7/h14-18,20,31H,19H2,1-13H3,(H,29,30,32)/t20-,27+,36-/m0/s1. The lowest BCUT2D eigenvalue weighted by Gasteiger charge is -2.38. The fourth-order valence-corrected chi connectivity index (χ4v) is 11.1. The summed E-state index contributed by atoms with van der Waals surface area (Å²) in [5.41, 5.74) is -0.333. The van der Waals surface area contributed by atoms with Crippen molar-refractivity contribution in [3.05, 3.63) is 41.0 Å². The summed E-state index contributed by atoms with van der Waals surface area (Å²) in [5.74, 6) is 0.766. The largest absolute Gasteiger partial charge is 0.497 e. The van der Waals surface area contributed by atoms with E-state index in [1.54, 1.807) is 20.2 Å². The molecule has 0 unspecified atom stereocenters. The average molecular weight is 600 g/mol. The lowest BCUT2D eigenvalue weighted by Crippen LogP contribution is -2.44. The first kappa shape index (κ1) is 33.1. The third-order valence-electron chi connectivity index (χ3n) is 7.88. The molecule has 1 heterocycles. The zero-order valence-electron chi connectivity index (χ0n) is 25.6. The van der Waals surface area contributed by atoms with Gasteiger partial charge in [-0.15, -0.1) is 11.3 Å². The third kappa shape index (κ3) is 7.76. The number of hydrogen-bond acceptors (Lipinski definition) is 7. The quantitative estimate of drug-likeness (QED) is 0.276. The minimum atomic E-state index is -3.06. The fraction of sp³-hybridized carbons (Fsp3) is 0.667. The molecule has 0 spiro atoms. The maximum atomic E-state index is 14.7. The second kappa shape index (κ2) is 11.4. The summed E-state index contributed by atoms with van der Waals surface area (Å²) in [4.78, 5) is 4.54. The van der Waals surface area contributed by atoms with Crippen molar-refractivity contribution < 1.29 is 18.5 Å². The Morgan fingerprint density at radius 2 is 1.61 bits per heavy atom. The van der Waals surface area contributed by atoms with Crippen LogP contribution in [0.2, 0.25) is 36.3 Å². The molecule has 0 bridgehead atoms. The van der Waals surface area contributed by atoms with Crippen molar-refractivity contribution in [3.8, 4) is 5.75 Å². The van der Waals surface area contributed by atoms with E-state index < -0.39 is 32.1 Å². The predicted molar refractivity (Wildman–Crippen MR) is 165 cm³/mol. The highest BCUT2D eigenvalue weighted by Crippen LogP contribution is 2.41. The van der Waals surface area contributed by atoms with E-state index in [2.05, 4.69) is 77.4 Å². The van der Waals surface area contributed by atoms with Crippen LogP contribution in [0.15, 0.2) is 38.7 Å². The van der Waals surface area contributed by atoms with Gasteiger partial charge in [0, 0.05) is 6.04 Å². The summed E-state index contributed by atoms with van der Waals surface area (Å²) < 4.78 is 35.3. The summed E-state index contributed by atoms with van der Waals surface area (Å²) in [7, 11) is -5.83. The van der Waals surface area contributed by atoms with Gasteiger partial charge in [0.15, 0.2) is 16.6 Å². The fourth-order valence-electron chi connectivity index (χ4n) is 3.02. The number of aliphatic hydroxyl groups is 1. The number of nitrogens with zero attached hydrogens (tertiary/aromatic N) is 2. The Balaban J connectivity index is 2.50. The van der Waals surface area contributed by atoms with Gasteiger partial charge in [-0.1, -0.05) is 53.7 Å². The molecule has 11 heteroatoms. The molecular weight excluding hydrogens is 551 g/mol. The zero-order valence-corrected chi connectivity index (χ0v) is 29.2. The number of rotatable bonds is 10. The van der Waals surface area contributed by atoms with Crippen LogP contribution in [0.1, 0.15) is 72.0 Å². The molecular formula is C27H49N3O4S2Si2. The van der Waals surface area contributed by atoms with Crippen molar-refractivity contribution >= 4 is 37.8 Å². The second-order valence-corrected chi connectivity index (χ2v) is 26.5. The van der Waals surface area contributed by atoms with Gasteiger partial charge in [0.05, 0.1) is 19.9 Å². The molecule has 0 radical (unpaired) electrons. The van der Waals surface area contributed by atoms with Crippen molar-refractivity contribution in [3.63, 3.8) is 0 Å².